The minimum absolute atomic E-state index is 0.0162. The van der Waals surface area contributed by atoms with E-state index in [4.69, 9.17) is 11.8 Å². The topological polar surface area (TPSA) is 73.7 Å². The quantitative estimate of drug-likeness (QED) is 0.468. The average molecular weight is 259 g/mol. The van der Waals surface area contributed by atoms with E-state index in [9.17, 15) is 13.0 Å². The average Bonchev–Trinajstić information content (AvgIpc) is 2.12. The molecule has 0 saturated carbocycles. The van der Waals surface area contributed by atoms with Gasteiger partial charge in [-0.25, -0.2) is 13.3 Å². The van der Waals surface area contributed by atoms with Crippen LogP contribution in [-0.2, 0) is 10.1 Å². The fraction of sp³-hybridized carbons (Fsp3) is 1.00. The second kappa shape index (κ2) is 6.65. The van der Waals surface area contributed by atoms with Gasteiger partial charge >= 0.3 is 0 Å². The van der Waals surface area contributed by atoms with Gasteiger partial charge in [-0.3, -0.25) is 0 Å². The molecule has 2 N–H and O–H groups in total. The van der Waals surface area contributed by atoms with Gasteiger partial charge in [0.05, 0.1) is 19.6 Å². The van der Waals surface area contributed by atoms with Gasteiger partial charge in [0.2, 0.25) is 0 Å². The molecule has 92 valence electrons. The highest BCUT2D eigenvalue weighted by molar-refractivity contribution is 7.86. The molecular weight excluding hydrogens is 240 g/mol. The summed E-state index contributed by atoms with van der Waals surface area (Å²) >= 11 is 5.48. The number of nitrogens with one attached hydrogen (secondary N) is 2. The summed E-state index contributed by atoms with van der Waals surface area (Å²) in [5.41, 5.74) is 0. The van der Waals surface area contributed by atoms with Crippen LogP contribution in [0.5, 0.6) is 0 Å². The first-order valence-electron chi connectivity index (χ1n) is 4.99. The van der Waals surface area contributed by atoms with Gasteiger partial charge < -0.3 is 9.45 Å². The van der Waals surface area contributed by atoms with E-state index in [1.54, 1.807) is 14.0 Å². The molecule has 3 unspecified atom stereocenters. The number of hydrogen-bond acceptors (Lipinski definition) is 4. The molecule has 15 heavy (non-hydrogen) atoms. The van der Waals surface area contributed by atoms with Gasteiger partial charge in [-0.2, -0.15) is 0 Å². The maximum absolute atomic E-state index is 10.9. The van der Waals surface area contributed by atoms with Gasteiger partial charge in [-0.1, -0.05) is 13.8 Å². The van der Waals surface area contributed by atoms with Crippen LogP contribution < -0.4 is 9.74 Å². The Morgan fingerprint density at radius 1 is 1.40 bits per heavy atom. The monoisotopic (exact) mass is 258 g/mol. The Labute approximate surface area is 96.6 Å². The normalized spacial score (nSPS) is 18.5. The third kappa shape index (κ3) is 5.12. The minimum Gasteiger partial charge on any atom is -0.743 e. The molecule has 0 aliphatic rings. The second-order valence-corrected chi connectivity index (χ2v) is 5.43. The standard InChI is InChI=1S/C8H19ClN2O3S/c1-4-7(10-9)6-11(3)8(5-2)15(12,13)14/h7-8,10H,4-6H2,1-3H3,(H,12,13,14). The Kier molecular flexibility index (Phi) is 6.70. The van der Waals surface area contributed by atoms with Crippen molar-refractivity contribution in [2.45, 2.75) is 38.1 Å². The molecule has 5 nitrogen and oxygen atoms in total. The molecule has 0 fully saturated rings. The molecule has 0 bridgehead atoms. The highest BCUT2D eigenvalue weighted by atomic mass is 35.5. The molecule has 7 heteroatoms. The number of rotatable bonds is 7. The first kappa shape index (κ1) is 15.1. The van der Waals surface area contributed by atoms with Crippen LogP contribution in [0.1, 0.15) is 26.7 Å². The van der Waals surface area contributed by atoms with Crippen LogP contribution in [0.15, 0.2) is 0 Å². The van der Waals surface area contributed by atoms with E-state index in [1.165, 1.54) is 0 Å². The summed E-state index contributed by atoms with van der Waals surface area (Å²) in [6, 6.07) is 0.0162. The van der Waals surface area contributed by atoms with Gasteiger partial charge in [0.1, 0.15) is 10.1 Å². The lowest BCUT2D eigenvalue weighted by atomic mass is 10.2. The highest BCUT2D eigenvalue weighted by Crippen LogP contribution is 1.96. The molecule has 0 saturated heterocycles. The fourth-order valence-corrected chi connectivity index (χ4v) is 2.81. The smallest absolute Gasteiger partial charge is 0.177 e. The van der Waals surface area contributed by atoms with Gasteiger partial charge in [-0.05, 0) is 18.2 Å². The summed E-state index contributed by atoms with van der Waals surface area (Å²) in [5.74, 6) is 0. The van der Waals surface area contributed by atoms with Crippen molar-refractivity contribution in [2.75, 3.05) is 13.6 Å². The van der Waals surface area contributed by atoms with E-state index in [-0.39, 0.29) is 6.04 Å². The Morgan fingerprint density at radius 2 is 1.93 bits per heavy atom. The van der Waals surface area contributed by atoms with Crippen LogP contribution >= 0.6 is 11.8 Å². The summed E-state index contributed by atoms with van der Waals surface area (Å²) in [7, 11) is -2.54. The predicted octanol–water partition coefficient (Wildman–Crippen LogP) is -0.696. The SMILES string of the molecule is CCC(C[NH+](C)C(CC)S(=O)(=O)[O-])NCl. The van der Waals surface area contributed by atoms with Crippen LogP contribution in [0.4, 0.5) is 0 Å². The van der Waals surface area contributed by atoms with E-state index in [0.29, 0.717) is 17.9 Å². The zero-order chi connectivity index (χ0) is 12.1. The van der Waals surface area contributed by atoms with Crippen molar-refractivity contribution in [1.29, 1.82) is 0 Å². The number of quaternary nitrogens is 1. The first-order valence-corrected chi connectivity index (χ1v) is 6.84. The summed E-state index contributed by atoms with van der Waals surface area (Å²) in [6.45, 7) is 4.15. The highest BCUT2D eigenvalue weighted by Gasteiger charge is 2.25. The maximum atomic E-state index is 10.9. The summed E-state index contributed by atoms with van der Waals surface area (Å²) in [6.07, 6.45) is 1.10. The van der Waals surface area contributed by atoms with Crippen molar-refractivity contribution in [3.05, 3.63) is 0 Å². The molecule has 0 amide bonds. The van der Waals surface area contributed by atoms with Crippen molar-refractivity contribution in [1.82, 2.24) is 4.84 Å². The lowest BCUT2D eigenvalue weighted by Crippen LogP contribution is -3.15. The van der Waals surface area contributed by atoms with E-state index < -0.39 is 15.5 Å². The molecule has 0 aromatic rings. The first-order chi connectivity index (χ1) is 6.86. The lowest BCUT2D eigenvalue weighted by molar-refractivity contribution is -0.892. The third-order valence-corrected chi connectivity index (χ3v) is 4.23. The molecule has 0 aliphatic carbocycles. The van der Waals surface area contributed by atoms with Gasteiger partial charge in [0.25, 0.3) is 0 Å². The Hall–Kier alpha value is 0.120. The van der Waals surface area contributed by atoms with Gasteiger partial charge in [0.15, 0.2) is 5.37 Å². The van der Waals surface area contributed by atoms with Crippen molar-refractivity contribution in [3.8, 4) is 0 Å². The van der Waals surface area contributed by atoms with Crippen LogP contribution in [0.2, 0.25) is 0 Å². The Morgan fingerprint density at radius 3 is 2.20 bits per heavy atom. The summed E-state index contributed by atoms with van der Waals surface area (Å²) in [4.78, 5) is 3.24. The summed E-state index contributed by atoms with van der Waals surface area (Å²) in [5, 5.41) is -0.892. The predicted molar refractivity (Wildman–Crippen MR) is 58.6 cm³/mol. The van der Waals surface area contributed by atoms with E-state index >= 15 is 0 Å². The van der Waals surface area contributed by atoms with Gasteiger partial charge in [0, 0.05) is 6.42 Å². The molecule has 0 aromatic carbocycles. The molecule has 0 rings (SSSR count). The third-order valence-electron chi connectivity index (χ3n) is 2.48. The van der Waals surface area contributed by atoms with Crippen LogP contribution in [-0.4, -0.2) is 38.0 Å². The van der Waals surface area contributed by atoms with Crippen molar-refractivity contribution >= 4 is 21.9 Å². The van der Waals surface area contributed by atoms with Gasteiger partial charge in [-0.15, -0.1) is 0 Å². The molecule has 0 aliphatic heterocycles. The number of hydrogen-bond donors (Lipinski definition) is 2. The fourth-order valence-electron chi connectivity index (χ4n) is 1.58. The maximum Gasteiger partial charge on any atom is 0.177 e. The summed E-state index contributed by atoms with van der Waals surface area (Å²) < 4.78 is 32.8. The zero-order valence-corrected chi connectivity index (χ0v) is 10.9. The Balaban J connectivity index is 4.47. The Bertz CT molecular complexity index is 267. The van der Waals surface area contributed by atoms with Crippen molar-refractivity contribution in [3.63, 3.8) is 0 Å². The molecule has 0 heterocycles. The molecular formula is C8H19ClN2O3S. The van der Waals surface area contributed by atoms with E-state index in [1.807, 2.05) is 6.92 Å². The van der Waals surface area contributed by atoms with Crippen molar-refractivity contribution < 1.29 is 17.9 Å². The zero-order valence-electron chi connectivity index (χ0n) is 9.29. The van der Waals surface area contributed by atoms with Crippen LogP contribution in [0, 0.1) is 0 Å². The lowest BCUT2D eigenvalue weighted by Gasteiger charge is -2.28. The molecule has 0 aromatic heterocycles. The molecule has 0 radical (unpaired) electrons. The van der Waals surface area contributed by atoms with Crippen LogP contribution in [0.3, 0.4) is 0 Å². The van der Waals surface area contributed by atoms with Crippen molar-refractivity contribution in [2.24, 2.45) is 0 Å². The number of halogens is 1. The minimum atomic E-state index is -4.23. The second-order valence-electron chi connectivity index (χ2n) is 3.65. The number of likely N-dealkylation sites (N-methyl/N-ethyl adjacent to an activating group) is 1. The molecule has 0 spiro atoms. The molecule has 3 atom stereocenters. The van der Waals surface area contributed by atoms with Crippen LogP contribution in [0.25, 0.3) is 0 Å². The van der Waals surface area contributed by atoms with E-state index in [0.717, 1.165) is 6.42 Å². The largest absolute Gasteiger partial charge is 0.743 e. The van der Waals surface area contributed by atoms with E-state index in [2.05, 4.69) is 4.84 Å².